The molecule has 1 aromatic carbocycles. The summed E-state index contributed by atoms with van der Waals surface area (Å²) in [4.78, 5) is 0. The molecule has 1 aliphatic rings. The molecule has 4 nitrogen and oxygen atoms in total. The molecule has 0 radical (unpaired) electrons. The quantitative estimate of drug-likeness (QED) is 0.774. The maximum absolute atomic E-state index is 8.98. The van der Waals surface area contributed by atoms with E-state index in [0.717, 1.165) is 36.8 Å². The molecule has 0 saturated heterocycles. The molecule has 20 heavy (non-hydrogen) atoms. The maximum atomic E-state index is 8.98. The van der Waals surface area contributed by atoms with E-state index in [1.165, 1.54) is 0 Å². The summed E-state index contributed by atoms with van der Waals surface area (Å²) in [7, 11) is 0. The fourth-order valence-electron chi connectivity index (χ4n) is 2.02. The highest BCUT2D eigenvalue weighted by Gasteiger charge is 2.20. The van der Waals surface area contributed by atoms with Gasteiger partial charge in [0.1, 0.15) is 12.4 Å². The van der Waals surface area contributed by atoms with Crippen molar-refractivity contribution < 1.29 is 19.2 Å². The van der Waals surface area contributed by atoms with E-state index >= 15 is 0 Å². The molecule has 0 atom stereocenters. The van der Waals surface area contributed by atoms with Gasteiger partial charge in [-0.1, -0.05) is 19.1 Å². The second-order valence-corrected chi connectivity index (χ2v) is 4.65. The second-order valence-electron chi connectivity index (χ2n) is 4.65. The minimum Gasteiger partial charge on any atom is -0.494 e. The summed E-state index contributed by atoms with van der Waals surface area (Å²) in [5, 5.41) is 8.98. The first-order chi connectivity index (χ1) is 9.83. The predicted octanol–water partition coefficient (Wildman–Crippen LogP) is 1.92. The first kappa shape index (κ1) is 14.6. The van der Waals surface area contributed by atoms with Crippen molar-refractivity contribution in [2.45, 2.75) is 13.3 Å². The summed E-state index contributed by atoms with van der Waals surface area (Å²) in [6.07, 6.45) is 4.97. The number of benzene rings is 1. The van der Waals surface area contributed by atoms with Crippen molar-refractivity contribution in [3.05, 3.63) is 35.9 Å². The van der Waals surface area contributed by atoms with Crippen LogP contribution < -0.4 is 4.74 Å². The third kappa shape index (κ3) is 4.10. The minimum atomic E-state index is 0.143. The Bertz CT molecular complexity index is 477. The Morgan fingerprint density at radius 3 is 2.80 bits per heavy atom. The van der Waals surface area contributed by atoms with Crippen LogP contribution in [0, 0.1) is 0 Å². The van der Waals surface area contributed by atoms with Crippen molar-refractivity contribution >= 4 is 12.0 Å². The van der Waals surface area contributed by atoms with Crippen LogP contribution in [0.5, 0.6) is 5.75 Å². The second kappa shape index (κ2) is 7.70. The van der Waals surface area contributed by atoms with Gasteiger partial charge in [0.15, 0.2) is 19.7 Å². The van der Waals surface area contributed by atoms with Crippen LogP contribution >= 0.6 is 0 Å². The van der Waals surface area contributed by atoms with Crippen molar-refractivity contribution in [3.63, 3.8) is 0 Å². The van der Waals surface area contributed by atoms with Gasteiger partial charge < -0.3 is 14.6 Å². The average molecular weight is 276 g/mol. The average Bonchev–Trinajstić information content (AvgIpc) is 2.92. The lowest BCUT2D eigenvalue weighted by atomic mass is 10.2. The Balaban J connectivity index is 1.98. The van der Waals surface area contributed by atoms with Crippen molar-refractivity contribution in [3.8, 4) is 5.75 Å². The lowest BCUT2D eigenvalue weighted by Crippen LogP contribution is -2.18. The molecule has 0 spiro atoms. The normalized spacial score (nSPS) is 14.9. The van der Waals surface area contributed by atoms with Crippen molar-refractivity contribution in [2.24, 2.45) is 0 Å². The molecule has 0 amide bonds. The van der Waals surface area contributed by atoms with Crippen LogP contribution in [0.15, 0.2) is 30.3 Å². The Hall–Kier alpha value is -1.81. The van der Waals surface area contributed by atoms with Gasteiger partial charge >= 0.3 is 5.90 Å². The number of rotatable bonds is 7. The first-order valence-electron chi connectivity index (χ1n) is 7.10. The molecule has 0 saturated carbocycles. The van der Waals surface area contributed by atoms with Crippen molar-refractivity contribution in [2.75, 3.05) is 32.9 Å². The van der Waals surface area contributed by atoms with Gasteiger partial charge in [-0.2, -0.15) is 4.58 Å². The van der Waals surface area contributed by atoms with E-state index in [-0.39, 0.29) is 6.61 Å². The number of nitrogens with zero attached hydrogens (tertiary/aromatic N) is 1. The van der Waals surface area contributed by atoms with Gasteiger partial charge in [-0.15, -0.1) is 0 Å². The van der Waals surface area contributed by atoms with Gasteiger partial charge in [-0.3, -0.25) is 0 Å². The first-order valence-corrected chi connectivity index (χ1v) is 7.10. The highest BCUT2D eigenvalue weighted by molar-refractivity contribution is 5.88. The molecule has 1 heterocycles. The van der Waals surface area contributed by atoms with Gasteiger partial charge in [0.25, 0.3) is 0 Å². The van der Waals surface area contributed by atoms with E-state index in [1.54, 1.807) is 0 Å². The summed E-state index contributed by atoms with van der Waals surface area (Å²) in [6.45, 7) is 5.12. The zero-order valence-corrected chi connectivity index (χ0v) is 11.9. The van der Waals surface area contributed by atoms with Crippen molar-refractivity contribution in [1.82, 2.24) is 0 Å². The third-order valence-electron chi connectivity index (χ3n) is 3.06. The smallest absolute Gasteiger partial charge is 0.362 e. The number of ether oxygens (including phenoxy) is 2. The lowest BCUT2D eigenvalue weighted by molar-refractivity contribution is -0.519. The van der Waals surface area contributed by atoms with E-state index in [0.29, 0.717) is 13.2 Å². The predicted molar refractivity (Wildman–Crippen MR) is 79.3 cm³/mol. The number of aliphatic hydroxyl groups excluding tert-OH is 1. The Labute approximate surface area is 120 Å². The molecule has 0 fully saturated rings. The van der Waals surface area contributed by atoms with Crippen LogP contribution in [0.2, 0.25) is 0 Å². The van der Waals surface area contributed by atoms with E-state index < -0.39 is 0 Å². The fraction of sp³-hybridized carbons (Fsp3) is 0.438. The SMILES string of the molecule is CCCOc1ccc(/C=C/C2=[N+](CCO)CCO2)cc1. The summed E-state index contributed by atoms with van der Waals surface area (Å²) in [6, 6.07) is 7.99. The highest BCUT2D eigenvalue weighted by Crippen LogP contribution is 2.13. The molecule has 0 aromatic heterocycles. The molecule has 108 valence electrons. The van der Waals surface area contributed by atoms with Gasteiger partial charge in [0.2, 0.25) is 0 Å². The van der Waals surface area contributed by atoms with Crippen LogP contribution in [0.25, 0.3) is 6.08 Å². The lowest BCUT2D eigenvalue weighted by Gasteiger charge is -2.03. The summed E-state index contributed by atoms with van der Waals surface area (Å²) in [5.74, 6) is 1.72. The van der Waals surface area contributed by atoms with E-state index in [1.807, 2.05) is 41.0 Å². The molecule has 2 rings (SSSR count). The van der Waals surface area contributed by atoms with Crippen LogP contribution in [0.3, 0.4) is 0 Å². The highest BCUT2D eigenvalue weighted by atomic mass is 16.5. The van der Waals surface area contributed by atoms with Gasteiger partial charge in [0.05, 0.1) is 12.7 Å². The molecule has 0 aliphatic carbocycles. The van der Waals surface area contributed by atoms with Gasteiger partial charge in [0, 0.05) is 0 Å². The molecular weight excluding hydrogens is 254 g/mol. The largest absolute Gasteiger partial charge is 0.494 e. The Morgan fingerprint density at radius 2 is 2.10 bits per heavy atom. The van der Waals surface area contributed by atoms with E-state index in [9.17, 15) is 0 Å². The topological polar surface area (TPSA) is 41.7 Å². The van der Waals surface area contributed by atoms with Crippen LogP contribution in [-0.2, 0) is 4.74 Å². The molecule has 1 N–H and O–H groups in total. The number of aliphatic hydroxyl groups is 1. The molecule has 4 heteroatoms. The molecule has 0 bridgehead atoms. The number of β-amino-alcohol motifs (C(OH)–C–C–N with tert-alkyl or cyclic N) is 1. The van der Waals surface area contributed by atoms with Gasteiger partial charge in [-0.25, -0.2) is 0 Å². The molecule has 1 aliphatic heterocycles. The molecule has 0 unspecified atom stereocenters. The minimum absolute atomic E-state index is 0.143. The Kier molecular flexibility index (Phi) is 5.62. The fourth-order valence-corrected chi connectivity index (χ4v) is 2.02. The summed E-state index contributed by atoms with van der Waals surface area (Å²) < 4.78 is 13.1. The number of hydrogen-bond acceptors (Lipinski definition) is 3. The summed E-state index contributed by atoms with van der Waals surface area (Å²) >= 11 is 0. The third-order valence-corrected chi connectivity index (χ3v) is 3.06. The monoisotopic (exact) mass is 276 g/mol. The van der Waals surface area contributed by atoms with E-state index in [4.69, 9.17) is 14.6 Å². The van der Waals surface area contributed by atoms with Crippen molar-refractivity contribution in [1.29, 1.82) is 0 Å². The Morgan fingerprint density at radius 1 is 1.30 bits per heavy atom. The van der Waals surface area contributed by atoms with Crippen LogP contribution in [0.4, 0.5) is 0 Å². The van der Waals surface area contributed by atoms with Crippen LogP contribution in [0.1, 0.15) is 18.9 Å². The van der Waals surface area contributed by atoms with Crippen LogP contribution in [-0.4, -0.2) is 48.5 Å². The standard InChI is InChI=1S/C16H22NO3/c1-2-12-19-15-6-3-14(4-7-15)5-8-16-17(9-11-18)10-13-20-16/h3-8,18H,2,9-13H2,1H3/q+1/b8-5+. The molecule has 1 aromatic rings. The molecular formula is C16H22NO3+. The summed E-state index contributed by atoms with van der Waals surface area (Å²) in [5.41, 5.74) is 1.10. The van der Waals surface area contributed by atoms with E-state index in [2.05, 4.69) is 6.92 Å². The zero-order chi connectivity index (χ0) is 14.2. The maximum Gasteiger partial charge on any atom is 0.362 e. The zero-order valence-electron chi connectivity index (χ0n) is 11.9. The number of hydrogen-bond donors (Lipinski definition) is 1. The van der Waals surface area contributed by atoms with Gasteiger partial charge in [-0.05, 0) is 30.2 Å².